The Bertz CT molecular complexity index is 659. The van der Waals surface area contributed by atoms with Crippen LogP contribution in [0.5, 0.6) is 5.75 Å². The fraction of sp³-hybridized carbons (Fsp3) is 0.526. The highest BCUT2D eigenvalue weighted by Gasteiger charge is 2.33. The Morgan fingerprint density at radius 2 is 2.08 bits per heavy atom. The van der Waals surface area contributed by atoms with E-state index in [2.05, 4.69) is 10.1 Å². The Balaban J connectivity index is 1.41. The molecule has 2 atom stereocenters. The van der Waals surface area contributed by atoms with Crippen molar-refractivity contribution in [2.24, 2.45) is 5.92 Å². The number of hydrogen-bond acceptors (Lipinski definition) is 5. The Morgan fingerprint density at radius 1 is 1.28 bits per heavy atom. The molecule has 1 aliphatic rings. The maximum absolute atomic E-state index is 12.9. The van der Waals surface area contributed by atoms with Gasteiger partial charge in [0, 0.05) is 45.1 Å². The van der Waals surface area contributed by atoms with Gasteiger partial charge >= 0.3 is 0 Å². The van der Waals surface area contributed by atoms with Gasteiger partial charge in [0.2, 0.25) is 0 Å². The van der Waals surface area contributed by atoms with Crippen molar-refractivity contribution >= 4 is 0 Å². The zero-order valence-corrected chi connectivity index (χ0v) is 14.8. The third-order valence-electron chi connectivity index (χ3n) is 4.60. The van der Waals surface area contributed by atoms with Gasteiger partial charge in [-0.2, -0.15) is 0 Å². The van der Waals surface area contributed by atoms with Gasteiger partial charge in [0.05, 0.1) is 18.4 Å². The number of aromatic nitrogens is 1. The third-order valence-corrected chi connectivity index (χ3v) is 4.60. The predicted molar refractivity (Wildman–Crippen MR) is 92.2 cm³/mol. The number of nitrogens with zero attached hydrogens (tertiary/aromatic N) is 2. The summed E-state index contributed by atoms with van der Waals surface area (Å²) in [4.78, 5) is 2.40. The molecule has 136 valence electrons. The molecule has 1 saturated heterocycles. The van der Waals surface area contributed by atoms with Crippen molar-refractivity contribution in [2.45, 2.75) is 25.9 Å². The third kappa shape index (κ3) is 5.03. The van der Waals surface area contributed by atoms with Crippen LogP contribution in [0.15, 0.2) is 34.9 Å². The fourth-order valence-electron chi connectivity index (χ4n) is 3.35. The number of benzene rings is 1. The van der Waals surface area contributed by atoms with Gasteiger partial charge in [-0.1, -0.05) is 5.16 Å². The average molecular weight is 348 g/mol. The minimum atomic E-state index is -0.247. The lowest BCUT2D eigenvalue weighted by Gasteiger charge is -2.15. The molecular formula is C19H25FN2O3. The summed E-state index contributed by atoms with van der Waals surface area (Å²) in [5, 5.41) is 3.95. The number of methoxy groups -OCH3 is 1. The molecule has 1 aliphatic heterocycles. The molecule has 2 aromatic rings. The molecule has 0 N–H and O–H groups in total. The summed E-state index contributed by atoms with van der Waals surface area (Å²) in [6, 6.07) is 8.12. The molecule has 1 aromatic heterocycles. The number of ether oxygens (including phenoxy) is 2. The van der Waals surface area contributed by atoms with Crippen LogP contribution in [0.1, 0.15) is 17.9 Å². The Labute approximate surface area is 147 Å². The summed E-state index contributed by atoms with van der Waals surface area (Å²) in [5.74, 6) is 1.79. The van der Waals surface area contributed by atoms with Crippen molar-refractivity contribution in [1.82, 2.24) is 10.1 Å². The van der Waals surface area contributed by atoms with Crippen molar-refractivity contribution in [3.63, 3.8) is 0 Å². The van der Waals surface area contributed by atoms with Crippen LogP contribution >= 0.6 is 0 Å². The van der Waals surface area contributed by atoms with E-state index >= 15 is 0 Å². The quantitative estimate of drug-likeness (QED) is 0.686. The number of rotatable bonds is 8. The summed E-state index contributed by atoms with van der Waals surface area (Å²) in [6.07, 6.45) is 1.98. The summed E-state index contributed by atoms with van der Waals surface area (Å²) < 4.78 is 29.5. The Kier molecular flexibility index (Phi) is 6.04. The van der Waals surface area contributed by atoms with E-state index in [1.54, 1.807) is 19.2 Å². The summed E-state index contributed by atoms with van der Waals surface area (Å²) in [7, 11) is 1.77. The lowest BCUT2D eigenvalue weighted by Crippen LogP contribution is -2.25. The molecule has 0 radical (unpaired) electrons. The van der Waals surface area contributed by atoms with E-state index in [0.717, 1.165) is 43.9 Å². The van der Waals surface area contributed by atoms with Crippen molar-refractivity contribution < 1.29 is 18.4 Å². The van der Waals surface area contributed by atoms with E-state index in [1.165, 1.54) is 12.1 Å². The molecule has 5 nitrogen and oxygen atoms in total. The smallest absolute Gasteiger partial charge is 0.137 e. The number of aryl methyl sites for hydroxylation is 1. The van der Waals surface area contributed by atoms with E-state index < -0.39 is 0 Å². The van der Waals surface area contributed by atoms with Crippen LogP contribution < -0.4 is 4.74 Å². The monoisotopic (exact) mass is 348 g/mol. The van der Waals surface area contributed by atoms with E-state index in [4.69, 9.17) is 14.0 Å². The Morgan fingerprint density at radius 3 is 2.76 bits per heavy atom. The molecular weight excluding hydrogens is 323 g/mol. The molecule has 2 heterocycles. The van der Waals surface area contributed by atoms with Gasteiger partial charge in [-0.3, -0.25) is 0 Å². The molecule has 3 rings (SSSR count). The maximum Gasteiger partial charge on any atom is 0.137 e. The van der Waals surface area contributed by atoms with Crippen LogP contribution in [0.25, 0.3) is 0 Å². The molecule has 0 amide bonds. The van der Waals surface area contributed by atoms with Gasteiger partial charge in [-0.25, -0.2) is 4.39 Å². The largest absolute Gasteiger partial charge is 0.494 e. The average Bonchev–Trinajstić information content (AvgIpc) is 3.19. The van der Waals surface area contributed by atoms with Gasteiger partial charge in [-0.05, 0) is 37.6 Å². The first-order chi connectivity index (χ1) is 12.1. The van der Waals surface area contributed by atoms with Crippen LogP contribution in [0.3, 0.4) is 0 Å². The predicted octanol–water partition coefficient (Wildman–Crippen LogP) is 3.08. The van der Waals surface area contributed by atoms with Crippen molar-refractivity contribution in [1.29, 1.82) is 0 Å². The van der Waals surface area contributed by atoms with Gasteiger partial charge in [0.25, 0.3) is 0 Å². The van der Waals surface area contributed by atoms with Gasteiger partial charge in [-0.15, -0.1) is 0 Å². The maximum atomic E-state index is 12.9. The minimum Gasteiger partial charge on any atom is -0.494 e. The van der Waals surface area contributed by atoms with Crippen molar-refractivity contribution in [3.05, 3.63) is 47.6 Å². The fourth-order valence-corrected chi connectivity index (χ4v) is 3.35. The molecule has 6 heteroatoms. The molecule has 1 fully saturated rings. The first-order valence-electron chi connectivity index (χ1n) is 8.70. The first-order valence-corrected chi connectivity index (χ1v) is 8.70. The first kappa shape index (κ1) is 17.9. The van der Waals surface area contributed by atoms with Gasteiger partial charge < -0.3 is 18.9 Å². The lowest BCUT2D eigenvalue weighted by molar-refractivity contribution is 0.0762. The molecule has 0 saturated carbocycles. The normalized spacial score (nSPS) is 20.9. The SMILES string of the molecule is CO[C@H]1CN(CCCOc2ccc(F)cc2)C[C@H]1Cc1cc(C)no1. The van der Waals surface area contributed by atoms with Crippen molar-refractivity contribution in [3.8, 4) is 5.75 Å². The molecule has 1 aromatic carbocycles. The molecule has 0 aliphatic carbocycles. The second-order valence-corrected chi connectivity index (χ2v) is 6.59. The van der Waals surface area contributed by atoms with Gasteiger partial charge in [0.1, 0.15) is 17.3 Å². The number of likely N-dealkylation sites (tertiary alicyclic amines) is 1. The zero-order chi connectivity index (χ0) is 17.6. The van der Waals surface area contributed by atoms with E-state index in [9.17, 15) is 4.39 Å². The number of hydrogen-bond donors (Lipinski definition) is 0. The van der Waals surface area contributed by atoms with Crippen LogP contribution in [-0.2, 0) is 11.2 Å². The van der Waals surface area contributed by atoms with E-state index in [1.807, 2.05) is 13.0 Å². The Hall–Kier alpha value is -1.92. The van der Waals surface area contributed by atoms with E-state index in [0.29, 0.717) is 18.3 Å². The summed E-state index contributed by atoms with van der Waals surface area (Å²) in [5.41, 5.74) is 0.914. The second-order valence-electron chi connectivity index (χ2n) is 6.59. The summed E-state index contributed by atoms with van der Waals surface area (Å²) in [6.45, 7) is 5.40. The van der Waals surface area contributed by atoms with Crippen LogP contribution in [-0.4, -0.2) is 49.5 Å². The van der Waals surface area contributed by atoms with Crippen LogP contribution in [0.2, 0.25) is 0 Å². The van der Waals surface area contributed by atoms with Gasteiger partial charge in [0.15, 0.2) is 0 Å². The topological polar surface area (TPSA) is 47.7 Å². The minimum absolute atomic E-state index is 0.212. The molecule has 25 heavy (non-hydrogen) atoms. The van der Waals surface area contributed by atoms with Crippen LogP contribution in [0, 0.1) is 18.7 Å². The van der Waals surface area contributed by atoms with Crippen LogP contribution in [0.4, 0.5) is 4.39 Å². The second kappa shape index (κ2) is 8.45. The zero-order valence-electron chi connectivity index (χ0n) is 14.8. The van der Waals surface area contributed by atoms with E-state index in [-0.39, 0.29) is 11.9 Å². The molecule has 0 unspecified atom stereocenters. The standard InChI is InChI=1S/C19H25FN2O3/c1-14-10-18(25-21-14)11-15-12-22(13-19(15)23-2)8-3-9-24-17-6-4-16(20)5-7-17/h4-7,10,15,19H,3,8-9,11-13H2,1-2H3/t15-,19+/m1/s1. The summed E-state index contributed by atoms with van der Waals surface area (Å²) >= 11 is 0. The highest BCUT2D eigenvalue weighted by molar-refractivity contribution is 5.21. The molecule has 0 bridgehead atoms. The molecule has 0 spiro atoms. The lowest BCUT2D eigenvalue weighted by atomic mass is 10.0. The highest BCUT2D eigenvalue weighted by atomic mass is 19.1. The highest BCUT2D eigenvalue weighted by Crippen LogP contribution is 2.24. The van der Waals surface area contributed by atoms with Crippen molar-refractivity contribution in [2.75, 3.05) is 33.4 Å². The number of halogens is 1.